The molecular weight excluding hydrogens is 356 g/mol. The van der Waals surface area contributed by atoms with Gasteiger partial charge in [-0.2, -0.15) is 0 Å². The first-order valence-corrected chi connectivity index (χ1v) is 7.76. The number of carbonyl (C=O) groups excluding carboxylic acids is 3. The van der Waals surface area contributed by atoms with E-state index in [1.165, 1.54) is 24.3 Å². The van der Waals surface area contributed by atoms with Crippen LogP contribution < -0.4 is 0 Å². The van der Waals surface area contributed by atoms with Crippen LogP contribution in [0.25, 0.3) is 0 Å². The van der Waals surface area contributed by atoms with E-state index in [-0.39, 0.29) is 11.1 Å². The highest BCUT2D eigenvalue weighted by molar-refractivity contribution is 5.95. The monoisotopic (exact) mass is 372 g/mol. The molecule has 2 aromatic rings. The summed E-state index contributed by atoms with van der Waals surface area (Å²) in [6, 6.07) is 15.2. The Bertz CT molecular complexity index is 816. The zero-order valence-corrected chi connectivity index (χ0v) is 14.2. The van der Waals surface area contributed by atoms with Gasteiger partial charge in [-0.1, -0.05) is 36.4 Å². The van der Waals surface area contributed by atoms with Gasteiger partial charge in [-0.3, -0.25) is 0 Å². The van der Waals surface area contributed by atoms with E-state index in [4.69, 9.17) is 9.47 Å². The quantitative estimate of drug-likeness (QED) is 0.577. The fourth-order valence-electron chi connectivity index (χ4n) is 2.11. The van der Waals surface area contributed by atoms with Crippen LogP contribution in [0.1, 0.15) is 20.7 Å². The summed E-state index contributed by atoms with van der Waals surface area (Å²) in [6.45, 7) is 0. The summed E-state index contributed by atoms with van der Waals surface area (Å²) in [5, 5.41) is 9.39. The molecule has 0 bridgehead atoms. The highest BCUT2D eigenvalue weighted by atomic mass is 16.6. The van der Waals surface area contributed by atoms with Gasteiger partial charge in [-0.25, -0.2) is 19.2 Å². The molecule has 0 aliphatic rings. The lowest BCUT2D eigenvalue weighted by Crippen LogP contribution is -2.46. The van der Waals surface area contributed by atoms with Crippen LogP contribution in [0.3, 0.4) is 0 Å². The van der Waals surface area contributed by atoms with E-state index in [0.29, 0.717) is 0 Å². The highest BCUT2D eigenvalue weighted by Gasteiger charge is 2.41. The van der Waals surface area contributed by atoms with Gasteiger partial charge in [0.05, 0.1) is 18.2 Å². The second-order valence-corrected chi connectivity index (χ2v) is 5.25. The lowest BCUT2D eigenvalue weighted by molar-refractivity contribution is -0.168. The van der Waals surface area contributed by atoms with Gasteiger partial charge < -0.3 is 19.3 Å². The number of hydrogen-bond donors (Lipinski definition) is 1. The fraction of sp³-hybridized carbons (Fsp3) is 0.158. The predicted octanol–water partition coefficient (Wildman–Crippen LogP) is 1.70. The number of carboxylic acid groups (broad SMARTS) is 1. The number of rotatable bonds is 7. The van der Waals surface area contributed by atoms with Gasteiger partial charge in [0, 0.05) is 0 Å². The molecule has 0 spiro atoms. The molecule has 0 aliphatic heterocycles. The lowest BCUT2D eigenvalue weighted by atomic mass is 10.1. The minimum atomic E-state index is -2.09. The van der Waals surface area contributed by atoms with E-state index in [0.717, 1.165) is 7.11 Å². The lowest BCUT2D eigenvalue weighted by Gasteiger charge is -2.22. The molecule has 0 unspecified atom stereocenters. The molecular formula is C19H16O8. The minimum Gasteiger partial charge on any atom is -0.478 e. The average Bonchev–Trinajstić information content (AvgIpc) is 2.70. The van der Waals surface area contributed by atoms with Crippen molar-refractivity contribution in [1.29, 1.82) is 0 Å². The van der Waals surface area contributed by atoms with Crippen LogP contribution in [0.4, 0.5) is 0 Å². The Kier molecular flexibility index (Phi) is 6.65. The van der Waals surface area contributed by atoms with Gasteiger partial charge >= 0.3 is 23.9 Å². The van der Waals surface area contributed by atoms with Gasteiger partial charge in [0.2, 0.25) is 12.2 Å². The Morgan fingerprint density at radius 2 is 1.15 bits per heavy atom. The first-order chi connectivity index (χ1) is 12.9. The van der Waals surface area contributed by atoms with E-state index in [1.807, 2.05) is 0 Å². The Labute approximate surface area is 154 Å². The zero-order chi connectivity index (χ0) is 19.8. The maximum Gasteiger partial charge on any atom is 0.351 e. The average molecular weight is 372 g/mol. The summed E-state index contributed by atoms with van der Waals surface area (Å²) in [5.74, 6) is -4.80. The molecule has 27 heavy (non-hydrogen) atoms. The van der Waals surface area contributed by atoms with Crippen LogP contribution in [0.15, 0.2) is 60.7 Å². The van der Waals surface area contributed by atoms with Gasteiger partial charge in [-0.05, 0) is 24.3 Å². The molecule has 8 nitrogen and oxygen atoms in total. The van der Waals surface area contributed by atoms with Crippen molar-refractivity contribution < 1.29 is 38.5 Å². The third-order valence-corrected chi connectivity index (χ3v) is 3.44. The largest absolute Gasteiger partial charge is 0.478 e. The molecule has 0 fully saturated rings. The second kappa shape index (κ2) is 9.14. The summed E-state index contributed by atoms with van der Waals surface area (Å²) >= 11 is 0. The van der Waals surface area contributed by atoms with Crippen LogP contribution in [0, 0.1) is 0 Å². The van der Waals surface area contributed by atoms with E-state index < -0.39 is 36.1 Å². The van der Waals surface area contributed by atoms with E-state index in [2.05, 4.69) is 4.74 Å². The van der Waals surface area contributed by atoms with E-state index in [1.54, 1.807) is 36.4 Å². The van der Waals surface area contributed by atoms with Gasteiger partial charge in [0.25, 0.3) is 0 Å². The van der Waals surface area contributed by atoms with E-state index >= 15 is 0 Å². The summed E-state index contributed by atoms with van der Waals surface area (Å²) in [6.07, 6.45) is -4.06. The van der Waals surface area contributed by atoms with Crippen molar-refractivity contribution in [2.45, 2.75) is 12.2 Å². The van der Waals surface area contributed by atoms with Crippen molar-refractivity contribution in [3.63, 3.8) is 0 Å². The predicted molar refractivity (Wildman–Crippen MR) is 90.9 cm³/mol. The molecule has 8 heteroatoms. The third kappa shape index (κ3) is 5.15. The summed E-state index contributed by atoms with van der Waals surface area (Å²) in [5.41, 5.74) is 0.159. The summed E-state index contributed by atoms with van der Waals surface area (Å²) in [7, 11) is 0.990. The minimum absolute atomic E-state index is 0.0711. The standard InChI is InChI=1S/C19H16O8/c1-25-19(24)15(27-18(23)13-10-6-3-7-11-13)14(16(20)21)26-17(22)12-8-4-2-5-9-12/h2-11,14-15H,1H3,(H,20,21)/t14-,15-/m1/s1. The molecule has 140 valence electrons. The number of benzene rings is 2. The molecule has 0 saturated heterocycles. The smallest absolute Gasteiger partial charge is 0.351 e. The van der Waals surface area contributed by atoms with Gasteiger partial charge in [0.15, 0.2) is 0 Å². The molecule has 0 aromatic heterocycles. The van der Waals surface area contributed by atoms with Crippen LogP contribution in [-0.4, -0.2) is 48.3 Å². The molecule has 2 atom stereocenters. The molecule has 0 aliphatic carbocycles. The molecule has 1 N–H and O–H groups in total. The van der Waals surface area contributed by atoms with Crippen molar-refractivity contribution in [3.8, 4) is 0 Å². The van der Waals surface area contributed by atoms with Crippen LogP contribution >= 0.6 is 0 Å². The maximum atomic E-state index is 12.2. The first-order valence-electron chi connectivity index (χ1n) is 7.76. The number of aliphatic carboxylic acids is 1. The number of ether oxygens (including phenoxy) is 3. The summed E-state index contributed by atoms with van der Waals surface area (Å²) < 4.78 is 14.4. The number of carboxylic acids is 1. The Balaban J connectivity index is 2.25. The van der Waals surface area contributed by atoms with Crippen LogP contribution in [-0.2, 0) is 23.8 Å². The number of hydrogen-bond acceptors (Lipinski definition) is 7. The second-order valence-electron chi connectivity index (χ2n) is 5.25. The zero-order valence-electron chi connectivity index (χ0n) is 14.2. The van der Waals surface area contributed by atoms with Crippen LogP contribution in [0.5, 0.6) is 0 Å². The molecule has 0 amide bonds. The van der Waals surface area contributed by atoms with E-state index in [9.17, 15) is 24.3 Å². The van der Waals surface area contributed by atoms with Crippen molar-refractivity contribution in [1.82, 2.24) is 0 Å². The molecule has 2 aromatic carbocycles. The molecule has 0 saturated carbocycles. The third-order valence-electron chi connectivity index (χ3n) is 3.44. The Hall–Kier alpha value is -3.68. The van der Waals surface area contributed by atoms with Crippen molar-refractivity contribution in [2.75, 3.05) is 7.11 Å². The molecule has 2 rings (SSSR count). The maximum absolute atomic E-state index is 12.2. The SMILES string of the molecule is COC(=O)[C@H](OC(=O)c1ccccc1)[C@@H](OC(=O)c1ccccc1)C(=O)O. The Morgan fingerprint density at radius 3 is 1.52 bits per heavy atom. The van der Waals surface area contributed by atoms with Crippen molar-refractivity contribution >= 4 is 23.9 Å². The number of esters is 3. The molecule has 0 radical (unpaired) electrons. The van der Waals surface area contributed by atoms with Crippen molar-refractivity contribution in [2.24, 2.45) is 0 Å². The highest BCUT2D eigenvalue weighted by Crippen LogP contribution is 2.14. The normalized spacial score (nSPS) is 12.3. The Morgan fingerprint density at radius 1 is 0.741 bits per heavy atom. The van der Waals surface area contributed by atoms with Gasteiger partial charge in [-0.15, -0.1) is 0 Å². The molecule has 0 heterocycles. The topological polar surface area (TPSA) is 116 Å². The number of carbonyl (C=O) groups is 4. The number of methoxy groups -OCH3 is 1. The van der Waals surface area contributed by atoms with Crippen molar-refractivity contribution in [3.05, 3.63) is 71.8 Å². The van der Waals surface area contributed by atoms with Gasteiger partial charge in [0.1, 0.15) is 0 Å². The first kappa shape index (κ1) is 19.6. The fourth-order valence-corrected chi connectivity index (χ4v) is 2.11. The van der Waals surface area contributed by atoms with Crippen LogP contribution in [0.2, 0.25) is 0 Å². The summed E-state index contributed by atoms with van der Waals surface area (Å²) in [4.78, 5) is 47.9.